The van der Waals surface area contributed by atoms with Gasteiger partial charge in [0.2, 0.25) is 5.91 Å². The largest absolute Gasteiger partial charge is 0.483 e. The zero-order valence-corrected chi connectivity index (χ0v) is 17.7. The highest BCUT2D eigenvalue weighted by atomic mass is 79.9. The number of carbonyl (C=O) groups excluding carboxylic acids is 2. The van der Waals surface area contributed by atoms with Gasteiger partial charge >= 0.3 is 0 Å². The first-order valence-corrected chi connectivity index (χ1v) is 9.56. The van der Waals surface area contributed by atoms with Crippen LogP contribution in [-0.4, -0.2) is 36.4 Å². The van der Waals surface area contributed by atoms with Gasteiger partial charge in [0.15, 0.2) is 6.61 Å². The maximum absolute atomic E-state index is 12.9. The summed E-state index contributed by atoms with van der Waals surface area (Å²) in [5.41, 5.74) is 2.96. The summed E-state index contributed by atoms with van der Waals surface area (Å²) >= 11 is 3.44. The summed E-state index contributed by atoms with van der Waals surface area (Å²) in [4.78, 5) is 26.5. The first-order valence-electron chi connectivity index (χ1n) is 8.77. The van der Waals surface area contributed by atoms with Gasteiger partial charge in [-0.3, -0.25) is 9.59 Å². The molecule has 5 nitrogen and oxygen atoms in total. The second kappa shape index (κ2) is 9.55. The zero-order valence-electron chi connectivity index (χ0n) is 16.1. The Hall–Kier alpha value is -2.34. The summed E-state index contributed by atoms with van der Waals surface area (Å²) in [5, 5.41) is 2.60. The Morgan fingerprint density at radius 3 is 2.59 bits per heavy atom. The van der Waals surface area contributed by atoms with Gasteiger partial charge in [-0.15, -0.1) is 0 Å². The smallest absolute Gasteiger partial charge is 0.261 e. The first-order chi connectivity index (χ1) is 12.8. The fourth-order valence-electron chi connectivity index (χ4n) is 2.71. The van der Waals surface area contributed by atoms with E-state index in [4.69, 9.17) is 4.74 Å². The van der Waals surface area contributed by atoms with E-state index in [2.05, 4.69) is 21.2 Å². The van der Waals surface area contributed by atoms with E-state index in [0.29, 0.717) is 12.3 Å². The minimum atomic E-state index is -0.608. The van der Waals surface area contributed by atoms with Crippen LogP contribution in [-0.2, 0) is 16.1 Å². The van der Waals surface area contributed by atoms with Crippen LogP contribution in [0.3, 0.4) is 0 Å². The molecule has 0 fully saturated rings. The van der Waals surface area contributed by atoms with Crippen molar-refractivity contribution in [3.05, 3.63) is 63.6 Å². The van der Waals surface area contributed by atoms with Crippen LogP contribution in [0.1, 0.15) is 23.6 Å². The summed E-state index contributed by atoms with van der Waals surface area (Å²) in [5.74, 6) is 0.218. The molecule has 0 saturated heterocycles. The Morgan fingerprint density at radius 2 is 1.93 bits per heavy atom. The monoisotopic (exact) mass is 432 g/mol. The number of likely N-dealkylation sites (N-methyl/N-ethyl adjacent to an activating group) is 1. The van der Waals surface area contributed by atoms with Gasteiger partial charge < -0.3 is 15.0 Å². The molecule has 0 radical (unpaired) electrons. The van der Waals surface area contributed by atoms with Gasteiger partial charge in [0.05, 0.1) is 0 Å². The van der Waals surface area contributed by atoms with E-state index in [-0.39, 0.29) is 18.4 Å². The normalized spacial score (nSPS) is 11.6. The maximum Gasteiger partial charge on any atom is 0.261 e. The molecular formula is C21H25BrN2O3. The SMILES string of the molecule is CNC(=O)[C@H](C)N(Cc1cccc(Br)c1)C(=O)COc1cc(C)ccc1C. The van der Waals surface area contributed by atoms with Crippen LogP contribution >= 0.6 is 15.9 Å². The standard InChI is InChI=1S/C21H25BrN2O3/c1-14-8-9-15(2)19(10-14)27-13-20(25)24(16(3)21(26)23-4)12-17-6-5-7-18(22)11-17/h5-11,16H,12-13H2,1-4H3,(H,23,26)/t16-/m0/s1. The molecule has 2 aromatic carbocycles. The van der Waals surface area contributed by atoms with Gasteiger partial charge in [-0.2, -0.15) is 0 Å². The summed E-state index contributed by atoms with van der Waals surface area (Å²) in [7, 11) is 1.56. The lowest BCUT2D eigenvalue weighted by molar-refractivity contribution is -0.142. The van der Waals surface area contributed by atoms with Crippen LogP contribution in [0.4, 0.5) is 0 Å². The molecule has 144 valence electrons. The van der Waals surface area contributed by atoms with E-state index < -0.39 is 6.04 Å². The highest BCUT2D eigenvalue weighted by molar-refractivity contribution is 9.10. The number of hydrogen-bond acceptors (Lipinski definition) is 3. The molecular weight excluding hydrogens is 408 g/mol. The molecule has 6 heteroatoms. The number of nitrogens with one attached hydrogen (secondary N) is 1. The number of aryl methyl sites for hydroxylation is 2. The zero-order chi connectivity index (χ0) is 20.0. The van der Waals surface area contributed by atoms with Crippen molar-refractivity contribution in [2.45, 2.75) is 33.4 Å². The van der Waals surface area contributed by atoms with Crippen molar-refractivity contribution in [2.75, 3.05) is 13.7 Å². The van der Waals surface area contributed by atoms with Crippen molar-refractivity contribution in [1.29, 1.82) is 0 Å². The fourth-order valence-corrected chi connectivity index (χ4v) is 3.16. The highest BCUT2D eigenvalue weighted by Crippen LogP contribution is 2.20. The van der Waals surface area contributed by atoms with Gasteiger partial charge in [0.1, 0.15) is 11.8 Å². The van der Waals surface area contributed by atoms with E-state index >= 15 is 0 Å². The Morgan fingerprint density at radius 1 is 1.19 bits per heavy atom. The van der Waals surface area contributed by atoms with E-state index in [1.54, 1.807) is 14.0 Å². The van der Waals surface area contributed by atoms with Gasteiger partial charge in [-0.1, -0.05) is 40.2 Å². The van der Waals surface area contributed by atoms with Crippen LogP contribution in [0.2, 0.25) is 0 Å². The van der Waals surface area contributed by atoms with Gasteiger partial charge in [-0.05, 0) is 55.7 Å². The van der Waals surface area contributed by atoms with Crippen molar-refractivity contribution in [3.8, 4) is 5.75 Å². The minimum Gasteiger partial charge on any atom is -0.483 e. The number of rotatable bonds is 7. The molecule has 0 aromatic heterocycles. The lowest BCUT2D eigenvalue weighted by Gasteiger charge is -2.28. The molecule has 2 aromatic rings. The molecule has 1 atom stereocenters. The van der Waals surface area contributed by atoms with Gasteiger partial charge in [-0.25, -0.2) is 0 Å². The molecule has 2 rings (SSSR count). The molecule has 0 saturated carbocycles. The fraction of sp³-hybridized carbons (Fsp3) is 0.333. The topological polar surface area (TPSA) is 58.6 Å². The number of amides is 2. The van der Waals surface area contributed by atoms with Crippen molar-refractivity contribution >= 4 is 27.7 Å². The molecule has 2 amide bonds. The molecule has 0 aliphatic rings. The van der Waals surface area contributed by atoms with Gasteiger partial charge in [0.25, 0.3) is 5.91 Å². The number of ether oxygens (including phenoxy) is 1. The lowest BCUT2D eigenvalue weighted by atomic mass is 10.1. The first kappa shape index (κ1) is 21.0. The van der Waals surface area contributed by atoms with Gasteiger partial charge in [0, 0.05) is 18.1 Å². The van der Waals surface area contributed by atoms with Crippen LogP contribution in [0, 0.1) is 13.8 Å². The third-order valence-electron chi connectivity index (χ3n) is 4.35. The summed E-state index contributed by atoms with van der Waals surface area (Å²) in [6, 6.07) is 12.9. The van der Waals surface area contributed by atoms with Crippen molar-refractivity contribution in [2.24, 2.45) is 0 Å². The predicted molar refractivity (Wildman–Crippen MR) is 110 cm³/mol. The molecule has 0 aliphatic carbocycles. The predicted octanol–water partition coefficient (Wildman–Crippen LogP) is 3.61. The van der Waals surface area contributed by atoms with Crippen molar-refractivity contribution in [3.63, 3.8) is 0 Å². The van der Waals surface area contributed by atoms with E-state index in [9.17, 15) is 9.59 Å². The molecule has 0 heterocycles. The second-order valence-corrected chi connectivity index (χ2v) is 7.42. The Kier molecular flexibility index (Phi) is 7.42. The Bertz CT molecular complexity index is 823. The van der Waals surface area contributed by atoms with E-state index in [1.165, 1.54) is 4.90 Å². The summed E-state index contributed by atoms with van der Waals surface area (Å²) < 4.78 is 6.68. The van der Waals surface area contributed by atoms with Crippen LogP contribution in [0.5, 0.6) is 5.75 Å². The Labute approximate surface area is 168 Å². The quantitative estimate of drug-likeness (QED) is 0.726. The maximum atomic E-state index is 12.9. The average molecular weight is 433 g/mol. The molecule has 1 N–H and O–H groups in total. The van der Waals surface area contributed by atoms with Crippen molar-refractivity contribution in [1.82, 2.24) is 10.2 Å². The molecule has 0 unspecified atom stereocenters. The van der Waals surface area contributed by atoms with Crippen molar-refractivity contribution < 1.29 is 14.3 Å². The summed E-state index contributed by atoms with van der Waals surface area (Å²) in [6.45, 7) is 5.82. The number of carbonyl (C=O) groups is 2. The average Bonchev–Trinajstić information content (AvgIpc) is 2.65. The van der Waals surface area contributed by atoms with Crippen LogP contribution in [0.15, 0.2) is 46.9 Å². The molecule has 0 aliphatic heterocycles. The number of nitrogens with zero attached hydrogens (tertiary/aromatic N) is 1. The van der Waals surface area contributed by atoms with E-state index in [1.807, 2.05) is 56.3 Å². The highest BCUT2D eigenvalue weighted by Gasteiger charge is 2.26. The lowest BCUT2D eigenvalue weighted by Crippen LogP contribution is -2.48. The second-order valence-electron chi connectivity index (χ2n) is 6.50. The van der Waals surface area contributed by atoms with E-state index in [0.717, 1.165) is 21.2 Å². The summed E-state index contributed by atoms with van der Waals surface area (Å²) in [6.07, 6.45) is 0. The molecule has 0 spiro atoms. The van der Waals surface area contributed by atoms with Crippen LogP contribution < -0.4 is 10.1 Å². The Balaban J connectivity index is 2.17. The number of halogens is 1. The molecule has 27 heavy (non-hydrogen) atoms. The third kappa shape index (κ3) is 5.82. The third-order valence-corrected chi connectivity index (χ3v) is 4.84. The number of hydrogen-bond donors (Lipinski definition) is 1. The minimum absolute atomic E-state index is 0.125. The molecule has 0 bridgehead atoms. The number of benzene rings is 2. The van der Waals surface area contributed by atoms with Crippen LogP contribution in [0.25, 0.3) is 0 Å².